The summed E-state index contributed by atoms with van der Waals surface area (Å²) >= 11 is 3.38. The molecule has 1 aliphatic rings. The Balaban J connectivity index is 2.03. The van der Waals surface area contributed by atoms with Gasteiger partial charge in [-0.1, -0.05) is 0 Å². The second-order valence-electron chi connectivity index (χ2n) is 5.20. The zero-order valence-electron chi connectivity index (χ0n) is 12.1. The molecule has 1 saturated heterocycles. The number of ether oxygens (including phenoxy) is 2. The fourth-order valence-electron chi connectivity index (χ4n) is 2.67. The number of phenolic OH excluding ortho intramolecular Hbond substituents is 1. The van der Waals surface area contributed by atoms with Crippen LogP contribution in [0.4, 0.5) is 0 Å². The maximum atomic E-state index is 9.92. The van der Waals surface area contributed by atoms with E-state index in [0.29, 0.717) is 22.7 Å². The van der Waals surface area contributed by atoms with E-state index in [1.54, 1.807) is 7.11 Å². The molecule has 0 bridgehead atoms. The Morgan fingerprint density at radius 1 is 1.45 bits per heavy atom. The number of hydrogen-bond donors (Lipinski definition) is 1. The van der Waals surface area contributed by atoms with Gasteiger partial charge in [0.15, 0.2) is 11.5 Å². The predicted molar refractivity (Wildman–Crippen MR) is 82.2 cm³/mol. The van der Waals surface area contributed by atoms with E-state index in [0.717, 1.165) is 31.8 Å². The molecular weight excluding hydrogens is 322 g/mol. The molecule has 0 radical (unpaired) electrons. The van der Waals surface area contributed by atoms with Crippen LogP contribution in [-0.4, -0.2) is 43.4 Å². The summed E-state index contributed by atoms with van der Waals surface area (Å²) in [6.07, 6.45) is 1.19. The van der Waals surface area contributed by atoms with E-state index in [1.165, 1.54) is 6.42 Å². The number of nitrogens with zero attached hydrogens (tertiary/aromatic N) is 1. The molecule has 0 spiro atoms. The van der Waals surface area contributed by atoms with Crippen LogP contribution in [0.3, 0.4) is 0 Å². The Morgan fingerprint density at radius 3 is 2.95 bits per heavy atom. The third kappa shape index (κ3) is 3.87. The van der Waals surface area contributed by atoms with Gasteiger partial charge in [-0.25, -0.2) is 0 Å². The number of phenols is 1. The molecule has 112 valence electrons. The van der Waals surface area contributed by atoms with Crippen LogP contribution < -0.4 is 4.74 Å². The van der Waals surface area contributed by atoms with Crippen molar-refractivity contribution < 1.29 is 14.6 Å². The van der Waals surface area contributed by atoms with E-state index in [4.69, 9.17) is 9.47 Å². The van der Waals surface area contributed by atoms with Crippen LogP contribution in [0.2, 0.25) is 0 Å². The normalized spacial score (nSPS) is 19.4. The lowest BCUT2D eigenvalue weighted by atomic mass is 10.1. The highest BCUT2D eigenvalue weighted by molar-refractivity contribution is 9.10. The summed E-state index contributed by atoms with van der Waals surface area (Å²) in [7, 11) is 1.76. The van der Waals surface area contributed by atoms with Crippen molar-refractivity contribution in [2.24, 2.45) is 5.92 Å². The first-order chi connectivity index (χ1) is 9.63. The van der Waals surface area contributed by atoms with Crippen LogP contribution in [-0.2, 0) is 11.3 Å². The SMILES string of the molecule is CCOc1cc(CN2CCC(COC)C2)cc(Br)c1O. The van der Waals surface area contributed by atoms with Crippen LogP contribution >= 0.6 is 15.9 Å². The average Bonchev–Trinajstić information content (AvgIpc) is 2.83. The van der Waals surface area contributed by atoms with E-state index in [2.05, 4.69) is 20.8 Å². The van der Waals surface area contributed by atoms with Crippen molar-refractivity contribution in [3.05, 3.63) is 22.2 Å². The summed E-state index contributed by atoms with van der Waals surface area (Å²) in [6.45, 7) is 6.32. The van der Waals surface area contributed by atoms with Gasteiger partial charge in [0.1, 0.15) is 0 Å². The molecular formula is C15H22BrNO3. The minimum atomic E-state index is 0.175. The lowest BCUT2D eigenvalue weighted by Gasteiger charge is -2.17. The third-order valence-corrected chi connectivity index (χ3v) is 4.17. The molecule has 0 aliphatic carbocycles. The van der Waals surface area contributed by atoms with Gasteiger partial charge in [0.05, 0.1) is 17.7 Å². The Hall–Kier alpha value is -0.780. The number of hydrogen-bond acceptors (Lipinski definition) is 4. The maximum Gasteiger partial charge on any atom is 0.172 e. The smallest absolute Gasteiger partial charge is 0.172 e. The molecule has 4 nitrogen and oxygen atoms in total. The highest BCUT2D eigenvalue weighted by Gasteiger charge is 2.22. The number of rotatable bonds is 6. The van der Waals surface area contributed by atoms with Crippen LogP contribution in [0.15, 0.2) is 16.6 Å². The molecule has 20 heavy (non-hydrogen) atoms. The average molecular weight is 344 g/mol. The number of aromatic hydroxyl groups is 1. The maximum absolute atomic E-state index is 9.92. The standard InChI is InChI=1S/C15H22BrNO3/c1-3-20-14-7-12(6-13(16)15(14)18)9-17-5-4-11(8-17)10-19-2/h6-7,11,18H,3-5,8-10H2,1-2H3. The fraction of sp³-hybridized carbons (Fsp3) is 0.600. The number of halogens is 1. The molecule has 0 aromatic heterocycles. The molecule has 1 aromatic rings. The number of methoxy groups -OCH3 is 1. The van der Waals surface area contributed by atoms with Crippen molar-refractivity contribution in [2.45, 2.75) is 19.9 Å². The molecule has 5 heteroatoms. The van der Waals surface area contributed by atoms with Crippen molar-refractivity contribution in [3.8, 4) is 11.5 Å². The van der Waals surface area contributed by atoms with Crippen molar-refractivity contribution in [1.82, 2.24) is 4.90 Å². The van der Waals surface area contributed by atoms with E-state index in [-0.39, 0.29) is 5.75 Å². The van der Waals surface area contributed by atoms with Crippen molar-refractivity contribution in [2.75, 3.05) is 33.4 Å². The number of likely N-dealkylation sites (tertiary alicyclic amines) is 1. The molecule has 1 aromatic carbocycles. The van der Waals surface area contributed by atoms with Gasteiger partial charge in [0.25, 0.3) is 0 Å². The van der Waals surface area contributed by atoms with Gasteiger partial charge >= 0.3 is 0 Å². The van der Waals surface area contributed by atoms with E-state index < -0.39 is 0 Å². The summed E-state index contributed by atoms with van der Waals surface area (Å²) in [4.78, 5) is 2.41. The Bertz CT molecular complexity index is 453. The zero-order valence-corrected chi connectivity index (χ0v) is 13.6. The number of benzene rings is 1. The first-order valence-corrected chi connectivity index (χ1v) is 7.78. The summed E-state index contributed by atoms with van der Waals surface area (Å²) in [5, 5.41) is 9.92. The second-order valence-corrected chi connectivity index (χ2v) is 6.06. The first kappa shape index (κ1) is 15.6. The lowest BCUT2D eigenvalue weighted by molar-refractivity contribution is 0.152. The van der Waals surface area contributed by atoms with Gasteiger partial charge in [-0.05, 0) is 59.4 Å². The molecule has 2 rings (SSSR count). The predicted octanol–water partition coefficient (Wildman–Crippen LogP) is 3.02. The molecule has 1 heterocycles. The van der Waals surface area contributed by atoms with Gasteiger partial charge in [0, 0.05) is 20.2 Å². The van der Waals surface area contributed by atoms with Gasteiger partial charge in [-0.3, -0.25) is 4.90 Å². The van der Waals surface area contributed by atoms with Crippen LogP contribution in [0, 0.1) is 5.92 Å². The van der Waals surface area contributed by atoms with Crippen molar-refractivity contribution in [3.63, 3.8) is 0 Å². The van der Waals surface area contributed by atoms with Gasteiger partial charge in [-0.2, -0.15) is 0 Å². The van der Waals surface area contributed by atoms with E-state index in [1.807, 2.05) is 19.1 Å². The van der Waals surface area contributed by atoms with Gasteiger partial charge < -0.3 is 14.6 Å². The van der Waals surface area contributed by atoms with Gasteiger partial charge in [-0.15, -0.1) is 0 Å². The Morgan fingerprint density at radius 2 is 2.25 bits per heavy atom. The summed E-state index contributed by atoms with van der Waals surface area (Å²) < 4.78 is 11.4. The summed E-state index contributed by atoms with van der Waals surface area (Å²) in [5.41, 5.74) is 1.15. The first-order valence-electron chi connectivity index (χ1n) is 6.99. The molecule has 1 fully saturated rings. The molecule has 1 N–H and O–H groups in total. The zero-order chi connectivity index (χ0) is 14.5. The van der Waals surface area contributed by atoms with Gasteiger partial charge in [0.2, 0.25) is 0 Å². The minimum absolute atomic E-state index is 0.175. The fourth-order valence-corrected chi connectivity index (χ4v) is 3.16. The second kappa shape index (κ2) is 7.29. The Kier molecular flexibility index (Phi) is 5.69. The molecule has 0 amide bonds. The quantitative estimate of drug-likeness (QED) is 0.861. The lowest BCUT2D eigenvalue weighted by Crippen LogP contribution is -2.21. The van der Waals surface area contributed by atoms with Crippen molar-refractivity contribution in [1.29, 1.82) is 0 Å². The van der Waals surface area contributed by atoms with E-state index in [9.17, 15) is 5.11 Å². The summed E-state index contributed by atoms with van der Waals surface area (Å²) in [5.74, 6) is 1.35. The monoisotopic (exact) mass is 343 g/mol. The van der Waals surface area contributed by atoms with Crippen molar-refractivity contribution >= 4 is 15.9 Å². The molecule has 0 saturated carbocycles. The van der Waals surface area contributed by atoms with E-state index >= 15 is 0 Å². The minimum Gasteiger partial charge on any atom is -0.503 e. The highest BCUT2D eigenvalue weighted by atomic mass is 79.9. The van der Waals surface area contributed by atoms with Crippen LogP contribution in [0.1, 0.15) is 18.9 Å². The van der Waals surface area contributed by atoms with Crippen LogP contribution in [0.25, 0.3) is 0 Å². The topological polar surface area (TPSA) is 41.9 Å². The molecule has 1 aliphatic heterocycles. The van der Waals surface area contributed by atoms with Crippen LogP contribution in [0.5, 0.6) is 11.5 Å². The third-order valence-electron chi connectivity index (χ3n) is 3.57. The highest BCUT2D eigenvalue weighted by Crippen LogP contribution is 2.36. The molecule has 1 unspecified atom stereocenters. The largest absolute Gasteiger partial charge is 0.503 e. The summed E-state index contributed by atoms with van der Waals surface area (Å²) in [6, 6.07) is 3.88. The Labute approximate surface area is 128 Å². The molecule has 1 atom stereocenters.